The molecule has 0 aromatic heterocycles. The number of aryl methyl sites for hydroxylation is 1. The number of nitrogens with zero attached hydrogens (tertiary/aromatic N) is 2. The Bertz CT molecular complexity index is 810. The van der Waals surface area contributed by atoms with Gasteiger partial charge in [-0.05, 0) is 36.8 Å². The third kappa shape index (κ3) is 4.39. The summed E-state index contributed by atoms with van der Waals surface area (Å²) in [5, 5.41) is 0.904. The summed E-state index contributed by atoms with van der Waals surface area (Å²) in [5.74, 6) is -0.632. The molecule has 0 aliphatic carbocycles. The van der Waals surface area contributed by atoms with Crippen molar-refractivity contribution in [2.24, 2.45) is 4.99 Å². The molecular weight excluding hydrogens is 339 g/mol. The number of halogens is 1. The predicted molar refractivity (Wildman–Crippen MR) is 98.9 cm³/mol. The van der Waals surface area contributed by atoms with Crippen molar-refractivity contribution in [1.82, 2.24) is 4.90 Å². The third-order valence-electron chi connectivity index (χ3n) is 3.69. The number of aliphatic imine (C=N–C) groups is 1. The standard InChI is InChI=1S/C19H19FN2O2S/c1-13-6-5-7-15(10-13)21-19-22(11-14(2)25-19)18(23)12-24-17-9-4-3-8-16(17)20/h3-10,14H,11-12H2,1-2H3/t14-/m1/s1. The van der Waals surface area contributed by atoms with Gasteiger partial charge in [0, 0.05) is 11.8 Å². The number of carbonyl (C=O) groups excluding carboxylic acids is 1. The van der Waals surface area contributed by atoms with E-state index in [1.807, 2.05) is 38.1 Å². The van der Waals surface area contributed by atoms with Crippen LogP contribution in [0.1, 0.15) is 12.5 Å². The SMILES string of the molecule is Cc1cccc(N=C2S[C@H](C)CN2C(=O)COc2ccccc2F)c1. The Morgan fingerprint density at radius 1 is 1.32 bits per heavy atom. The Morgan fingerprint density at radius 2 is 2.12 bits per heavy atom. The summed E-state index contributed by atoms with van der Waals surface area (Å²) in [6.45, 7) is 4.39. The molecule has 1 amide bonds. The van der Waals surface area contributed by atoms with Gasteiger partial charge in [-0.2, -0.15) is 0 Å². The molecule has 2 aromatic carbocycles. The maximum absolute atomic E-state index is 13.6. The normalized spacial score (nSPS) is 18.6. The first-order valence-electron chi connectivity index (χ1n) is 8.02. The minimum absolute atomic E-state index is 0.0768. The highest BCUT2D eigenvalue weighted by atomic mass is 32.2. The van der Waals surface area contributed by atoms with E-state index < -0.39 is 5.82 Å². The first-order valence-corrected chi connectivity index (χ1v) is 8.90. The molecule has 2 aromatic rings. The van der Waals surface area contributed by atoms with Crippen molar-refractivity contribution in [1.29, 1.82) is 0 Å². The van der Waals surface area contributed by atoms with Crippen LogP contribution in [0.25, 0.3) is 0 Å². The van der Waals surface area contributed by atoms with Crippen molar-refractivity contribution in [3.05, 3.63) is 59.9 Å². The number of thioether (sulfide) groups is 1. The maximum Gasteiger partial charge on any atom is 0.266 e. The smallest absolute Gasteiger partial charge is 0.266 e. The number of para-hydroxylation sites is 1. The lowest BCUT2D eigenvalue weighted by Crippen LogP contribution is -2.36. The number of amidine groups is 1. The lowest BCUT2D eigenvalue weighted by Gasteiger charge is -2.16. The molecule has 0 N–H and O–H groups in total. The molecule has 1 aliphatic rings. The molecule has 1 atom stereocenters. The van der Waals surface area contributed by atoms with Crippen molar-refractivity contribution in [2.45, 2.75) is 19.1 Å². The van der Waals surface area contributed by atoms with Gasteiger partial charge in [0.25, 0.3) is 5.91 Å². The highest BCUT2D eigenvalue weighted by Gasteiger charge is 2.31. The largest absolute Gasteiger partial charge is 0.481 e. The summed E-state index contributed by atoms with van der Waals surface area (Å²) >= 11 is 1.55. The van der Waals surface area contributed by atoms with E-state index in [1.165, 1.54) is 12.1 Å². The van der Waals surface area contributed by atoms with Crippen molar-refractivity contribution in [3.63, 3.8) is 0 Å². The van der Waals surface area contributed by atoms with Gasteiger partial charge < -0.3 is 4.74 Å². The van der Waals surface area contributed by atoms with Gasteiger partial charge in [0.2, 0.25) is 0 Å². The van der Waals surface area contributed by atoms with Gasteiger partial charge in [-0.1, -0.05) is 43.0 Å². The zero-order valence-corrected chi connectivity index (χ0v) is 14.9. The molecule has 4 nitrogen and oxygen atoms in total. The molecule has 1 saturated heterocycles. The molecular formula is C19H19FN2O2S. The third-order valence-corrected chi connectivity index (χ3v) is 4.77. The second-order valence-corrected chi connectivity index (χ2v) is 7.29. The van der Waals surface area contributed by atoms with Crippen LogP contribution >= 0.6 is 11.8 Å². The molecule has 0 unspecified atom stereocenters. The molecule has 25 heavy (non-hydrogen) atoms. The summed E-state index contributed by atoms with van der Waals surface area (Å²) in [6.07, 6.45) is 0. The summed E-state index contributed by atoms with van der Waals surface area (Å²) < 4.78 is 18.9. The number of hydrogen-bond acceptors (Lipinski definition) is 4. The summed E-state index contributed by atoms with van der Waals surface area (Å²) in [7, 11) is 0. The Kier molecular flexibility index (Phi) is 5.38. The van der Waals surface area contributed by atoms with Crippen LogP contribution in [0, 0.1) is 12.7 Å². The summed E-state index contributed by atoms with van der Waals surface area (Å²) in [4.78, 5) is 18.7. The predicted octanol–water partition coefficient (Wildman–Crippen LogP) is 4.16. The van der Waals surface area contributed by atoms with Crippen LogP contribution in [0.2, 0.25) is 0 Å². The quantitative estimate of drug-likeness (QED) is 0.824. The van der Waals surface area contributed by atoms with Crippen LogP contribution in [0.5, 0.6) is 5.75 Å². The number of rotatable bonds is 4. The second kappa shape index (κ2) is 7.70. The fourth-order valence-corrected chi connectivity index (χ4v) is 3.54. The van der Waals surface area contributed by atoms with Crippen LogP contribution in [-0.4, -0.2) is 34.4 Å². The highest BCUT2D eigenvalue weighted by molar-refractivity contribution is 8.14. The number of benzene rings is 2. The number of carbonyl (C=O) groups is 1. The van der Waals surface area contributed by atoms with Crippen molar-refractivity contribution in [2.75, 3.05) is 13.2 Å². The maximum atomic E-state index is 13.6. The van der Waals surface area contributed by atoms with E-state index in [2.05, 4.69) is 4.99 Å². The monoisotopic (exact) mass is 358 g/mol. The van der Waals surface area contributed by atoms with Gasteiger partial charge in [-0.3, -0.25) is 9.69 Å². The van der Waals surface area contributed by atoms with Gasteiger partial charge in [0.05, 0.1) is 5.69 Å². The number of amides is 1. The van der Waals surface area contributed by atoms with Gasteiger partial charge in [-0.25, -0.2) is 9.38 Å². The van der Waals surface area contributed by atoms with E-state index in [1.54, 1.807) is 28.8 Å². The molecule has 0 spiro atoms. The van der Waals surface area contributed by atoms with E-state index >= 15 is 0 Å². The number of ether oxygens (including phenoxy) is 1. The van der Waals surface area contributed by atoms with Crippen LogP contribution < -0.4 is 4.74 Å². The molecule has 0 saturated carbocycles. The van der Waals surface area contributed by atoms with Crippen molar-refractivity contribution in [3.8, 4) is 5.75 Å². The van der Waals surface area contributed by atoms with E-state index in [0.717, 1.165) is 11.3 Å². The zero-order valence-electron chi connectivity index (χ0n) is 14.1. The second-order valence-electron chi connectivity index (χ2n) is 5.89. The summed E-state index contributed by atoms with van der Waals surface area (Å²) in [6, 6.07) is 13.9. The minimum Gasteiger partial charge on any atom is -0.481 e. The minimum atomic E-state index is -0.479. The van der Waals surface area contributed by atoms with Gasteiger partial charge in [0.1, 0.15) is 0 Å². The average Bonchev–Trinajstić information content (AvgIpc) is 2.94. The molecule has 0 radical (unpaired) electrons. The highest BCUT2D eigenvalue weighted by Crippen LogP contribution is 2.28. The molecule has 1 fully saturated rings. The first kappa shape index (κ1) is 17.5. The Balaban J connectivity index is 1.72. The Labute approximate surface area is 150 Å². The van der Waals surface area contributed by atoms with E-state index in [0.29, 0.717) is 11.7 Å². The van der Waals surface area contributed by atoms with Crippen LogP contribution in [0.4, 0.5) is 10.1 Å². The van der Waals surface area contributed by atoms with E-state index in [-0.39, 0.29) is 23.5 Å². The first-order chi connectivity index (χ1) is 12.0. The summed E-state index contributed by atoms with van der Waals surface area (Å²) in [5.41, 5.74) is 1.92. The molecule has 0 bridgehead atoms. The molecule has 1 aliphatic heterocycles. The fraction of sp³-hybridized carbons (Fsp3) is 0.263. The van der Waals surface area contributed by atoms with E-state index in [9.17, 15) is 9.18 Å². The van der Waals surface area contributed by atoms with Crippen LogP contribution in [0.3, 0.4) is 0 Å². The average molecular weight is 358 g/mol. The number of hydrogen-bond donors (Lipinski definition) is 0. The van der Waals surface area contributed by atoms with Gasteiger partial charge in [-0.15, -0.1) is 0 Å². The Morgan fingerprint density at radius 3 is 2.88 bits per heavy atom. The van der Waals surface area contributed by atoms with Gasteiger partial charge in [0.15, 0.2) is 23.3 Å². The van der Waals surface area contributed by atoms with E-state index in [4.69, 9.17) is 4.74 Å². The van der Waals surface area contributed by atoms with Crippen molar-refractivity contribution < 1.29 is 13.9 Å². The topological polar surface area (TPSA) is 41.9 Å². The van der Waals surface area contributed by atoms with Crippen LogP contribution in [0.15, 0.2) is 53.5 Å². The van der Waals surface area contributed by atoms with Crippen molar-refractivity contribution >= 4 is 28.5 Å². The molecule has 6 heteroatoms. The Hall–Kier alpha value is -2.34. The van der Waals surface area contributed by atoms with Gasteiger partial charge >= 0.3 is 0 Å². The molecule has 1 heterocycles. The lowest BCUT2D eigenvalue weighted by atomic mass is 10.2. The lowest BCUT2D eigenvalue weighted by molar-refractivity contribution is -0.129. The molecule has 130 valence electrons. The fourth-order valence-electron chi connectivity index (χ4n) is 2.50. The van der Waals surface area contributed by atoms with Crippen LogP contribution in [-0.2, 0) is 4.79 Å². The molecule has 3 rings (SSSR count). The zero-order chi connectivity index (χ0) is 17.8.